The lowest BCUT2D eigenvalue weighted by molar-refractivity contribution is -0.138. The number of nitrogens with one attached hydrogen (secondary N) is 2. The fourth-order valence-electron chi connectivity index (χ4n) is 3.39. The van der Waals surface area contributed by atoms with Crippen molar-refractivity contribution in [2.45, 2.75) is 45.6 Å². The standard InChI is InChI=1S/C18H25N3O4/c1-12-5-3-6-13(2)16(12)18(25)20-11-15(23)21-9-4-7-14(21)17(24)19-8-10-22/h5,10,14H,3-4,6-9,11H2,1-2H3,(H,19,24)(H,20,25)/t14-/m0/s1. The maximum absolute atomic E-state index is 12.4. The quantitative estimate of drug-likeness (QED) is 0.683. The molecule has 136 valence electrons. The number of allylic oxidation sites excluding steroid dienone is 2. The van der Waals surface area contributed by atoms with Crippen LogP contribution < -0.4 is 10.6 Å². The van der Waals surface area contributed by atoms with Gasteiger partial charge in [0, 0.05) is 12.1 Å². The van der Waals surface area contributed by atoms with E-state index in [4.69, 9.17) is 0 Å². The van der Waals surface area contributed by atoms with Gasteiger partial charge in [-0.15, -0.1) is 0 Å². The van der Waals surface area contributed by atoms with Crippen LogP contribution in [-0.2, 0) is 19.2 Å². The van der Waals surface area contributed by atoms with E-state index < -0.39 is 6.04 Å². The molecule has 1 atom stereocenters. The molecule has 0 spiro atoms. The summed E-state index contributed by atoms with van der Waals surface area (Å²) in [5.74, 6) is -0.859. The summed E-state index contributed by atoms with van der Waals surface area (Å²) in [7, 11) is 0. The van der Waals surface area contributed by atoms with Crippen molar-refractivity contribution in [2.24, 2.45) is 0 Å². The number of aldehydes is 1. The number of hydrogen-bond acceptors (Lipinski definition) is 4. The Labute approximate surface area is 147 Å². The molecule has 2 rings (SSSR count). The molecule has 0 aromatic heterocycles. The summed E-state index contributed by atoms with van der Waals surface area (Å²) in [5, 5.41) is 5.16. The van der Waals surface area contributed by atoms with Gasteiger partial charge in [0.1, 0.15) is 12.3 Å². The Balaban J connectivity index is 1.93. The first kappa shape index (κ1) is 18.9. The van der Waals surface area contributed by atoms with Crippen molar-refractivity contribution in [1.29, 1.82) is 0 Å². The van der Waals surface area contributed by atoms with Crippen LogP contribution in [0.3, 0.4) is 0 Å². The van der Waals surface area contributed by atoms with Gasteiger partial charge in [0.05, 0.1) is 13.1 Å². The monoisotopic (exact) mass is 347 g/mol. The molecule has 1 aliphatic carbocycles. The van der Waals surface area contributed by atoms with Crippen molar-refractivity contribution in [2.75, 3.05) is 19.6 Å². The second-order valence-corrected chi connectivity index (χ2v) is 6.42. The Morgan fingerprint density at radius 2 is 2.04 bits per heavy atom. The Morgan fingerprint density at radius 1 is 1.28 bits per heavy atom. The van der Waals surface area contributed by atoms with Crippen LogP contribution in [0.15, 0.2) is 22.8 Å². The predicted molar refractivity (Wildman–Crippen MR) is 92.5 cm³/mol. The summed E-state index contributed by atoms with van der Waals surface area (Å²) in [5.41, 5.74) is 2.61. The third-order valence-corrected chi connectivity index (χ3v) is 4.65. The van der Waals surface area contributed by atoms with E-state index in [1.807, 2.05) is 19.9 Å². The molecule has 7 nitrogen and oxygen atoms in total. The van der Waals surface area contributed by atoms with Gasteiger partial charge in [0.15, 0.2) is 0 Å². The van der Waals surface area contributed by atoms with E-state index in [1.54, 1.807) is 0 Å². The molecule has 3 amide bonds. The molecule has 1 fully saturated rings. The van der Waals surface area contributed by atoms with Gasteiger partial charge in [-0.2, -0.15) is 0 Å². The number of hydrogen-bond donors (Lipinski definition) is 2. The molecule has 25 heavy (non-hydrogen) atoms. The highest BCUT2D eigenvalue weighted by atomic mass is 16.2. The van der Waals surface area contributed by atoms with Gasteiger partial charge < -0.3 is 20.3 Å². The Hall–Kier alpha value is -2.44. The van der Waals surface area contributed by atoms with Crippen LogP contribution >= 0.6 is 0 Å². The minimum Gasteiger partial charge on any atom is -0.348 e. The fraction of sp³-hybridized carbons (Fsp3) is 0.556. The number of likely N-dealkylation sites (tertiary alicyclic amines) is 1. The highest BCUT2D eigenvalue weighted by Crippen LogP contribution is 2.24. The zero-order valence-electron chi connectivity index (χ0n) is 14.8. The third kappa shape index (κ3) is 4.55. The lowest BCUT2D eigenvalue weighted by atomic mass is 9.92. The predicted octanol–water partition coefficient (Wildman–Crippen LogP) is 0.465. The molecular weight excluding hydrogens is 322 g/mol. The SMILES string of the molecule is CC1=CCCC(C)=C1C(=O)NCC(=O)N1CCC[C@H]1C(=O)NCC=O. The molecule has 1 saturated heterocycles. The Kier molecular flexibility index (Phi) is 6.50. The summed E-state index contributed by atoms with van der Waals surface area (Å²) in [6, 6.07) is -0.568. The van der Waals surface area contributed by atoms with Crippen LogP contribution in [-0.4, -0.2) is 54.6 Å². The minimum absolute atomic E-state index is 0.0624. The summed E-state index contributed by atoms with van der Waals surface area (Å²) < 4.78 is 0. The van der Waals surface area contributed by atoms with E-state index >= 15 is 0 Å². The van der Waals surface area contributed by atoms with Crippen molar-refractivity contribution in [3.63, 3.8) is 0 Å². The number of rotatable bonds is 6. The van der Waals surface area contributed by atoms with E-state index in [0.717, 1.165) is 30.4 Å². The lowest BCUT2D eigenvalue weighted by Crippen LogP contribution is -2.49. The van der Waals surface area contributed by atoms with E-state index in [0.29, 0.717) is 24.8 Å². The van der Waals surface area contributed by atoms with Crippen LogP contribution in [0.25, 0.3) is 0 Å². The van der Waals surface area contributed by atoms with Crippen LogP contribution in [0.5, 0.6) is 0 Å². The van der Waals surface area contributed by atoms with Gasteiger partial charge in [-0.3, -0.25) is 14.4 Å². The number of amides is 3. The molecule has 0 bridgehead atoms. The van der Waals surface area contributed by atoms with Crippen molar-refractivity contribution in [3.05, 3.63) is 22.8 Å². The first-order valence-corrected chi connectivity index (χ1v) is 8.61. The maximum Gasteiger partial charge on any atom is 0.251 e. The van der Waals surface area contributed by atoms with Crippen molar-refractivity contribution >= 4 is 24.0 Å². The number of nitrogens with zero attached hydrogens (tertiary/aromatic N) is 1. The molecule has 0 radical (unpaired) electrons. The lowest BCUT2D eigenvalue weighted by Gasteiger charge is -2.24. The van der Waals surface area contributed by atoms with Crippen LogP contribution in [0.4, 0.5) is 0 Å². The molecule has 2 N–H and O–H groups in total. The summed E-state index contributed by atoms with van der Waals surface area (Å²) in [6.45, 7) is 4.11. The molecule has 1 aliphatic heterocycles. The summed E-state index contributed by atoms with van der Waals surface area (Å²) in [4.78, 5) is 48.7. The van der Waals surface area contributed by atoms with Crippen LogP contribution in [0.2, 0.25) is 0 Å². The molecule has 0 saturated carbocycles. The van der Waals surface area contributed by atoms with E-state index in [2.05, 4.69) is 10.6 Å². The average molecular weight is 347 g/mol. The van der Waals surface area contributed by atoms with E-state index in [-0.39, 0.29) is 30.8 Å². The highest BCUT2D eigenvalue weighted by molar-refractivity contribution is 6.00. The minimum atomic E-state index is -0.568. The van der Waals surface area contributed by atoms with Gasteiger partial charge in [-0.05, 0) is 45.1 Å². The Morgan fingerprint density at radius 3 is 2.72 bits per heavy atom. The molecule has 0 unspecified atom stereocenters. The molecular formula is C18H25N3O4. The van der Waals surface area contributed by atoms with Crippen LogP contribution in [0, 0.1) is 0 Å². The van der Waals surface area contributed by atoms with Crippen molar-refractivity contribution < 1.29 is 19.2 Å². The largest absolute Gasteiger partial charge is 0.348 e. The normalized spacial score (nSPS) is 20.2. The molecule has 7 heteroatoms. The van der Waals surface area contributed by atoms with Crippen LogP contribution in [0.1, 0.15) is 39.5 Å². The first-order valence-electron chi connectivity index (χ1n) is 8.61. The van der Waals surface area contributed by atoms with Gasteiger partial charge in [0.2, 0.25) is 11.8 Å². The molecule has 0 aromatic rings. The van der Waals surface area contributed by atoms with Gasteiger partial charge >= 0.3 is 0 Å². The number of carbonyl (C=O) groups excluding carboxylic acids is 4. The van der Waals surface area contributed by atoms with Gasteiger partial charge in [-0.25, -0.2) is 0 Å². The first-order chi connectivity index (χ1) is 12.0. The zero-order chi connectivity index (χ0) is 18.4. The Bertz CT molecular complexity index is 636. The summed E-state index contributed by atoms with van der Waals surface area (Å²) >= 11 is 0. The van der Waals surface area contributed by atoms with E-state index in [9.17, 15) is 19.2 Å². The van der Waals surface area contributed by atoms with E-state index in [1.165, 1.54) is 4.90 Å². The molecule has 1 heterocycles. The topological polar surface area (TPSA) is 95.6 Å². The van der Waals surface area contributed by atoms with Gasteiger partial charge in [-0.1, -0.05) is 11.6 Å². The average Bonchev–Trinajstić information content (AvgIpc) is 3.07. The van der Waals surface area contributed by atoms with Crippen molar-refractivity contribution in [3.8, 4) is 0 Å². The zero-order valence-corrected chi connectivity index (χ0v) is 14.8. The molecule has 0 aromatic carbocycles. The van der Waals surface area contributed by atoms with Crippen molar-refractivity contribution in [1.82, 2.24) is 15.5 Å². The second-order valence-electron chi connectivity index (χ2n) is 6.42. The smallest absolute Gasteiger partial charge is 0.251 e. The summed E-state index contributed by atoms with van der Waals surface area (Å²) in [6.07, 6.45) is 5.70. The maximum atomic E-state index is 12.4. The second kappa shape index (κ2) is 8.60. The third-order valence-electron chi connectivity index (χ3n) is 4.65. The number of carbonyl (C=O) groups is 4. The fourth-order valence-corrected chi connectivity index (χ4v) is 3.39. The molecule has 2 aliphatic rings. The highest BCUT2D eigenvalue weighted by Gasteiger charge is 2.33. The van der Waals surface area contributed by atoms with Gasteiger partial charge in [0.25, 0.3) is 5.91 Å².